The Balaban J connectivity index is -0.000000530. The molecular weight excluding hydrogens is 616 g/mol. The van der Waals surface area contributed by atoms with Crippen LogP contribution in [-0.4, -0.2) is 106 Å². The van der Waals surface area contributed by atoms with Gasteiger partial charge in [0.15, 0.2) is 17.6 Å². The number of hydrogen-bond acceptors (Lipinski definition) is 19. The monoisotopic (exact) mass is 640 g/mol. The van der Waals surface area contributed by atoms with Gasteiger partial charge < -0.3 is 15.3 Å². The average molecular weight is 640 g/mol. The fraction of sp³-hybridized carbons (Fsp3) is 0.474. The van der Waals surface area contributed by atoms with Crippen LogP contribution in [0.3, 0.4) is 0 Å². The molecule has 44 heavy (non-hydrogen) atoms. The fourth-order valence-electron chi connectivity index (χ4n) is 2.64. The molecule has 4 unspecified atom stereocenters. The molecule has 0 aromatic heterocycles. The molecule has 25 nitrogen and oxygen atoms in total. The summed E-state index contributed by atoms with van der Waals surface area (Å²) in [5.74, 6) is -2.00. The zero-order chi connectivity index (χ0) is 34.2. The quantitative estimate of drug-likeness (QED) is 0.122. The van der Waals surface area contributed by atoms with Crippen LogP contribution in [0, 0.1) is 60.7 Å². The maximum atomic E-state index is 11.0. The molecule has 0 amide bonds. The second kappa shape index (κ2) is 20.0. The van der Waals surface area contributed by atoms with Crippen LogP contribution in [0.4, 0.5) is 11.4 Å². The van der Waals surface area contributed by atoms with Gasteiger partial charge in [-0.3, -0.25) is 79.9 Å². The van der Waals surface area contributed by atoms with Crippen molar-refractivity contribution in [2.75, 3.05) is 6.54 Å². The summed E-state index contributed by atoms with van der Waals surface area (Å²) >= 11 is 0. The van der Waals surface area contributed by atoms with Gasteiger partial charge in [-0.1, -0.05) is 7.43 Å². The van der Waals surface area contributed by atoms with E-state index in [9.17, 15) is 85.0 Å². The van der Waals surface area contributed by atoms with Crippen molar-refractivity contribution in [2.45, 2.75) is 51.1 Å². The standard InChI is InChI=1S/C6H8N2O7.C6H4N2O5.C3H3NO4.C3H5NO3.CH4/c9-2-1-3(10)5(8(14)15)6(11)4(2)7(12)13;9-6-2-1-4(7(10)11)3-5(6)8(12)13;5-1-3(2-6)4(7)8;1-3(5)2-4(6)7;/h2,4-6,9,11H,1H2;1-3,9H;1-3H;2H2,1H3;1H4. The van der Waals surface area contributed by atoms with Crippen molar-refractivity contribution >= 4 is 35.5 Å². The average Bonchev–Trinajstić information content (AvgIpc) is 2.84. The zero-order valence-electron chi connectivity index (χ0n) is 21.2. The molecule has 1 aliphatic carbocycles. The Morgan fingerprint density at radius 1 is 0.932 bits per heavy atom. The molecule has 3 N–H and O–H groups in total. The first-order chi connectivity index (χ1) is 19.7. The molecule has 1 fully saturated rings. The third kappa shape index (κ3) is 14.6. The second-order valence-electron chi connectivity index (χ2n) is 7.66. The normalized spacial score (nSPS) is 18.0. The summed E-state index contributed by atoms with van der Waals surface area (Å²) in [5.41, 5.74) is -1.10. The number of non-ortho nitro benzene ring substituents is 1. The van der Waals surface area contributed by atoms with E-state index < -0.39 is 102 Å². The maximum Gasteiger partial charge on any atom is 0.321 e. The van der Waals surface area contributed by atoms with Crippen LogP contribution in [0.2, 0.25) is 0 Å². The van der Waals surface area contributed by atoms with Crippen molar-refractivity contribution in [1.29, 1.82) is 0 Å². The van der Waals surface area contributed by atoms with Gasteiger partial charge in [0.2, 0.25) is 18.4 Å². The largest absolute Gasteiger partial charge is 0.502 e. The molecule has 1 aromatic rings. The van der Waals surface area contributed by atoms with Crippen molar-refractivity contribution in [1.82, 2.24) is 0 Å². The number of ketones is 2. The topological polar surface area (TPSA) is 388 Å². The summed E-state index contributed by atoms with van der Waals surface area (Å²) in [6.07, 6.45) is -4.50. The predicted octanol–water partition coefficient (Wildman–Crippen LogP) is -1.30. The Morgan fingerprint density at radius 2 is 1.43 bits per heavy atom. The summed E-state index contributed by atoms with van der Waals surface area (Å²) in [4.78, 5) is 94.6. The van der Waals surface area contributed by atoms with Gasteiger partial charge in [-0.05, 0) is 6.07 Å². The number of phenolic OH excluding ortho intramolecular Hbond substituents is 1. The smallest absolute Gasteiger partial charge is 0.321 e. The molecule has 0 aliphatic heterocycles. The fourth-order valence-corrected chi connectivity index (χ4v) is 2.64. The number of nitro groups is 6. The Hall–Kier alpha value is -5.98. The van der Waals surface area contributed by atoms with E-state index in [1.807, 2.05) is 0 Å². The summed E-state index contributed by atoms with van der Waals surface area (Å²) in [6, 6.07) is -3.00. The molecule has 1 saturated carbocycles. The van der Waals surface area contributed by atoms with Crippen molar-refractivity contribution in [3.05, 3.63) is 78.9 Å². The number of aromatic hydroxyl groups is 1. The zero-order valence-corrected chi connectivity index (χ0v) is 21.2. The lowest BCUT2D eigenvalue weighted by atomic mass is 9.85. The minimum absolute atomic E-state index is 0. The number of hydrogen-bond donors (Lipinski definition) is 3. The molecule has 244 valence electrons. The Morgan fingerprint density at radius 3 is 1.70 bits per heavy atom. The first-order valence-electron chi connectivity index (χ1n) is 10.7. The van der Waals surface area contributed by atoms with Crippen LogP contribution in [-0.2, 0) is 19.2 Å². The Labute approximate surface area is 242 Å². The third-order valence-corrected chi connectivity index (χ3v) is 4.52. The lowest BCUT2D eigenvalue weighted by Gasteiger charge is -2.26. The van der Waals surface area contributed by atoms with Crippen LogP contribution in [0.25, 0.3) is 0 Å². The lowest BCUT2D eigenvalue weighted by molar-refractivity contribution is -0.581. The van der Waals surface area contributed by atoms with Crippen LogP contribution < -0.4 is 0 Å². The van der Waals surface area contributed by atoms with E-state index in [1.165, 1.54) is 6.92 Å². The number of nitrogens with zero attached hydrogens (tertiary/aromatic N) is 6. The summed E-state index contributed by atoms with van der Waals surface area (Å²) < 4.78 is 0. The van der Waals surface area contributed by atoms with Crippen LogP contribution in [0.1, 0.15) is 20.8 Å². The number of aldehydes is 2. The summed E-state index contributed by atoms with van der Waals surface area (Å²) in [6.45, 7) is 0.628. The number of rotatable bonds is 9. The van der Waals surface area contributed by atoms with Crippen molar-refractivity contribution in [2.24, 2.45) is 0 Å². The van der Waals surface area contributed by atoms with Crippen molar-refractivity contribution in [3.8, 4) is 5.75 Å². The number of benzene rings is 1. The number of nitro benzene ring substituents is 2. The maximum absolute atomic E-state index is 11.0. The van der Waals surface area contributed by atoms with Gasteiger partial charge in [-0.25, -0.2) is 0 Å². The number of aliphatic hydroxyl groups excluding tert-OH is 2. The van der Waals surface area contributed by atoms with Gasteiger partial charge in [-0.15, -0.1) is 0 Å². The predicted molar refractivity (Wildman–Crippen MR) is 137 cm³/mol. The molecule has 0 spiro atoms. The van der Waals surface area contributed by atoms with E-state index in [1.54, 1.807) is 0 Å². The minimum atomic E-state index is -2.09. The number of carbonyl (C=O) groups excluding carboxylic acids is 4. The van der Waals surface area contributed by atoms with E-state index >= 15 is 0 Å². The van der Waals surface area contributed by atoms with Gasteiger partial charge in [-0.2, -0.15) is 0 Å². The number of carbonyl (C=O) groups is 4. The van der Waals surface area contributed by atoms with Gasteiger partial charge in [0.25, 0.3) is 18.3 Å². The van der Waals surface area contributed by atoms with Gasteiger partial charge in [0.1, 0.15) is 6.10 Å². The Kier molecular flexibility index (Phi) is 19.3. The van der Waals surface area contributed by atoms with Gasteiger partial charge in [0, 0.05) is 39.1 Å². The van der Waals surface area contributed by atoms with E-state index in [2.05, 4.69) is 0 Å². The molecule has 0 radical (unpaired) electrons. The van der Waals surface area contributed by atoms with Gasteiger partial charge >= 0.3 is 17.8 Å². The molecule has 25 heteroatoms. The third-order valence-electron chi connectivity index (χ3n) is 4.52. The molecule has 0 heterocycles. The van der Waals surface area contributed by atoms with Crippen LogP contribution in [0.5, 0.6) is 5.75 Å². The number of aliphatic hydroxyl groups is 2. The highest BCUT2D eigenvalue weighted by molar-refractivity contribution is 5.85. The van der Waals surface area contributed by atoms with Crippen LogP contribution >= 0.6 is 0 Å². The highest BCUT2D eigenvalue weighted by Crippen LogP contribution is 2.29. The molecule has 0 saturated heterocycles. The molecule has 1 aliphatic rings. The first kappa shape index (κ1) is 42.5. The van der Waals surface area contributed by atoms with E-state index in [0.717, 1.165) is 12.1 Å². The first-order valence-corrected chi connectivity index (χ1v) is 10.7. The molecule has 4 atom stereocenters. The second-order valence-corrected chi connectivity index (χ2v) is 7.66. The molecular formula is C19H24N6O19. The van der Waals surface area contributed by atoms with E-state index in [-0.39, 0.29) is 20.0 Å². The highest BCUT2D eigenvalue weighted by atomic mass is 16.7. The van der Waals surface area contributed by atoms with E-state index in [4.69, 9.17) is 10.2 Å². The van der Waals surface area contributed by atoms with Gasteiger partial charge in [0.05, 0.1) is 15.9 Å². The number of phenols is 1. The van der Waals surface area contributed by atoms with Crippen LogP contribution in [0.15, 0.2) is 18.2 Å². The Bertz CT molecular complexity index is 1250. The SMILES string of the molecule is C.CC(=O)C[N+](=O)[O-].O=C1CC(O)C([N+](=O)[O-])C(O)C1[N+](=O)[O-].O=CC(C=O)[N+](=O)[O-].O=[N+]([O-])c1ccc(O)c([N+](=O)[O-])c1. The molecule has 1 aromatic carbocycles. The summed E-state index contributed by atoms with van der Waals surface area (Å²) in [5, 5.41) is 87.4. The molecule has 0 bridgehead atoms. The molecule has 2 rings (SSSR count). The summed E-state index contributed by atoms with van der Waals surface area (Å²) in [7, 11) is 0. The highest BCUT2D eigenvalue weighted by Gasteiger charge is 2.56. The van der Waals surface area contributed by atoms with Crippen molar-refractivity contribution < 1.29 is 64.0 Å². The van der Waals surface area contributed by atoms with E-state index in [0.29, 0.717) is 6.07 Å². The van der Waals surface area contributed by atoms with Crippen molar-refractivity contribution in [3.63, 3.8) is 0 Å². The lowest BCUT2D eigenvalue weighted by Crippen LogP contribution is -2.59. The minimum Gasteiger partial charge on any atom is -0.502 e. The number of Topliss-reactive ketones (excluding diaryl/α,β-unsaturated/α-hetero) is 2.